The number of halogens is 1. The molecule has 0 spiro atoms. The molecule has 1 saturated heterocycles. The van der Waals surface area contributed by atoms with Crippen LogP contribution in [0.1, 0.15) is 6.42 Å². The van der Waals surface area contributed by atoms with Gasteiger partial charge in [-0.2, -0.15) is 11.8 Å². The lowest BCUT2D eigenvalue weighted by Gasteiger charge is -2.22. The summed E-state index contributed by atoms with van der Waals surface area (Å²) in [5.41, 5.74) is 0.730. The van der Waals surface area contributed by atoms with E-state index in [9.17, 15) is 4.79 Å². The number of benzene rings is 1. The van der Waals surface area contributed by atoms with Crippen molar-refractivity contribution in [3.8, 4) is 5.75 Å². The van der Waals surface area contributed by atoms with Gasteiger partial charge in [-0.05, 0) is 12.1 Å². The fraction of sp³-hybridized carbons (Fsp3) is 0.462. The molecule has 0 aromatic heterocycles. The van der Waals surface area contributed by atoms with E-state index in [2.05, 4.69) is 10.6 Å². The first-order valence-corrected chi connectivity index (χ1v) is 7.19. The van der Waals surface area contributed by atoms with E-state index in [1.807, 2.05) is 36.0 Å². The Morgan fingerprint density at radius 1 is 1.53 bits per heavy atom. The van der Waals surface area contributed by atoms with E-state index in [1.54, 1.807) is 7.11 Å². The summed E-state index contributed by atoms with van der Waals surface area (Å²) >= 11 is 1.89. The molecule has 2 rings (SSSR count). The van der Waals surface area contributed by atoms with E-state index in [1.165, 1.54) is 0 Å². The second kappa shape index (κ2) is 8.30. The molecule has 1 atom stereocenters. The summed E-state index contributed by atoms with van der Waals surface area (Å²) < 4.78 is 5.20. The number of thioether (sulfide) groups is 1. The van der Waals surface area contributed by atoms with Gasteiger partial charge in [-0.15, -0.1) is 12.4 Å². The summed E-state index contributed by atoms with van der Waals surface area (Å²) in [6, 6.07) is 7.73. The van der Waals surface area contributed by atoms with Gasteiger partial charge in [0, 0.05) is 30.5 Å². The average molecular weight is 303 g/mol. The van der Waals surface area contributed by atoms with E-state index in [0.29, 0.717) is 12.2 Å². The number of para-hydroxylation sites is 2. The molecule has 4 nitrogen and oxygen atoms in total. The Morgan fingerprint density at radius 2 is 2.32 bits per heavy atom. The van der Waals surface area contributed by atoms with Crippen LogP contribution in [0.3, 0.4) is 0 Å². The minimum absolute atomic E-state index is 0. The molecule has 19 heavy (non-hydrogen) atoms. The zero-order valence-electron chi connectivity index (χ0n) is 10.8. The third kappa shape index (κ3) is 4.93. The van der Waals surface area contributed by atoms with Crippen molar-refractivity contribution in [2.24, 2.45) is 0 Å². The molecule has 0 radical (unpaired) electrons. The third-order valence-electron chi connectivity index (χ3n) is 2.81. The van der Waals surface area contributed by atoms with Crippen LogP contribution < -0.4 is 15.4 Å². The molecule has 106 valence electrons. The molecule has 0 saturated carbocycles. The molecule has 0 bridgehead atoms. The predicted molar refractivity (Wildman–Crippen MR) is 82.6 cm³/mol. The Balaban J connectivity index is 0.00000180. The van der Waals surface area contributed by atoms with E-state index >= 15 is 0 Å². The molecule has 1 amide bonds. The van der Waals surface area contributed by atoms with Crippen molar-refractivity contribution < 1.29 is 9.53 Å². The SMILES string of the molecule is COc1ccccc1NC(=O)CC1CSCCN1.Cl. The predicted octanol–water partition coefficient (Wildman–Crippen LogP) is 2.15. The topological polar surface area (TPSA) is 50.4 Å². The number of rotatable bonds is 4. The summed E-state index contributed by atoms with van der Waals surface area (Å²) in [4.78, 5) is 11.9. The van der Waals surface area contributed by atoms with Crippen LogP contribution >= 0.6 is 24.2 Å². The highest BCUT2D eigenvalue weighted by Crippen LogP contribution is 2.23. The lowest BCUT2D eigenvalue weighted by molar-refractivity contribution is -0.116. The molecule has 1 aromatic carbocycles. The highest BCUT2D eigenvalue weighted by Gasteiger charge is 2.17. The van der Waals surface area contributed by atoms with Gasteiger partial charge in [0.05, 0.1) is 12.8 Å². The third-order valence-corrected chi connectivity index (χ3v) is 3.94. The van der Waals surface area contributed by atoms with Crippen molar-refractivity contribution >= 4 is 35.8 Å². The number of carbonyl (C=O) groups is 1. The van der Waals surface area contributed by atoms with Crippen LogP contribution in [-0.2, 0) is 4.79 Å². The van der Waals surface area contributed by atoms with Gasteiger partial charge >= 0.3 is 0 Å². The van der Waals surface area contributed by atoms with Crippen LogP contribution in [0, 0.1) is 0 Å². The van der Waals surface area contributed by atoms with Crippen molar-refractivity contribution in [2.75, 3.05) is 30.5 Å². The van der Waals surface area contributed by atoms with Crippen LogP contribution in [0.5, 0.6) is 5.75 Å². The highest BCUT2D eigenvalue weighted by atomic mass is 35.5. The Hall–Kier alpha value is -0.910. The molecule has 1 heterocycles. The van der Waals surface area contributed by atoms with Gasteiger partial charge in [0.2, 0.25) is 5.91 Å². The monoisotopic (exact) mass is 302 g/mol. The largest absolute Gasteiger partial charge is 0.495 e. The molecule has 0 aliphatic carbocycles. The first-order valence-electron chi connectivity index (χ1n) is 6.03. The summed E-state index contributed by atoms with van der Waals surface area (Å²) in [7, 11) is 1.60. The fourth-order valence-corrected chi connectivity index (χ4v) is 2.87. The zero-order chi connectivity index (χ0) is 12.8. The quantitative estimate of drug-likeness (QED) is 0.895. The Morgan fingerprint density at radius 3 is 3.00 bits per heavy atom. The summed E-state index contributed by atoms with van der Waals surface area (Å²) in [5.74, 6) is 2.85. The number of anilines is 1. The van der Waals surface area contributed by atoms with Gasteiger partial charge in [0.15, 0.2) is 0 Å². The van der Waals surface area contributed by atoms with Crippen LogP contribution in [0.4, 0.5) is 5.69 Å². The van der Waals surface area contributed by atoms with Gasteiger partial charge in [0.25, 0.3) is 0 Å². The number of carbonyl (C=O) groups excluding carboxylic acids is 1. The summed E-state index contributed by atoms with van der Waals surface area (Å²) in [5, 5.41) is 6.25. The Kier molecular flexibility index (Phi) is 7.05. The van der Waals surface area contributed by atoms with E-state index in [0.717, 1.165) is 23.7 Å². The molecule has 1 aliphatic rings. The summed E-state index contributed by atoms with van der Waals surface area (Å²) in [6.07, 6.45) is 0.505. The van der Waals surface area contributed by atoms with Crippen molar-refractivity contribution in [2.45, 2.75) is 12.5 Å². The zero-order valence-corrected chi connectivity index (χ0v) is 12.5. The average Bonchev–Trinajstić information content (AvgIpc) is 2.40. The maximum absolute atomic E-state index is 11.9. The minimum atomic E-state index is 0. The maximum Gasteiger partial charge on any atom is 0.226 e. The standard InChI is InChI=1S/C13H18N2O2S.ClH/c1-17-12-5-3-2-4-11(12)15-13(16)8-10-9-18-7-6-14-10;/h2-5,10,14H,6-9H2,1H3,(H,15,16);1H. The van der Waals surface area contributed by atoms with Gasteiger partial charge in [0.1, 0.15) is 5.75 Å². The Bertz CT molecular complexity index is 411. The molecule has 1 aromatic rings. The Labute approximate surface area is 124 Å². The van der Waals surface area contributed by atoms with Crippen LogP contribution in [0.15, 0.2) is 24.3 Å². The van der Waals surface area contributed by atoms with Crippen molar-refractivity contribution in [3.05, 3.63) is 24.3 Å². The lowest BCUT2D eigenvalue weighted by Crippen LogP contribution is -2.39. The summed E-state index contributed by atoms with van der Waals surface area (Å²) in [6.45, 7) is 0.983. The van der Waals surface area contributed by atoms with Gasteiger partial charge in [-0.25, -0.2) is 0 Å². The van der Waals surface area contributed by atoms with Gasteiger partial charge in [-0.1, -0.05) is 12.1 Å². The molecular formula is C13H19ClN2O2S. The second-order valence-corrected chi connectivity index (χ2v) is 5.33. The van der Waals surface area contributed by atoms with Gasteiger partial charge < -0.3 is 15.4 Å². The molecule has 2 N–H and O–H groups in total. The molecule has 6 heteroatoms. The van der Waals surface area contributed by atoms with Crippen LogP contribution in [-0.4, -0.2) is 37.1 Å². The number of hydrogen-bond acceptors (Lipinski definition) is 4. The van der Waals surface area contributed by atoms with Crippen LogP contribution in [0.2, 0.25) is 0 Å². The molecule has 1 aliphatic heterocycles. The van der Waals surface area contributed by atoms with Gasteiger partial charge in [-0.3, -0.25) is 4.79 Å². The normalized spacial score (nSPS) is 18.3. The smallest absolute Gasteiger partial charge is 0.226 e. The number of nitrogens with one attached hydrogen (secondary N) is 2. The first kappa shape index (κ1) is 16.1. The fourth-order valence-electron chi connectivity index (χ4n) is 1.92. The molecule has 1 fully saturated rings. The highest BCUT2D eigenvalue weighted by molar-refractivity contribution is 7.99. The van der Waals surface area contributed by atoms with E-state index in [-0.39, 0.29) is 24.4 Å². The van der Waals surface area contributed by atoms with Crippen LogP contribution in [0.25, 0.3) is 0 Å². The number of hydrogen-bond donors (Lipinski definition) is 2. The van der Waals surface area contributed by atoms with Crippen molar-refractivity contribution in [1.29, 1.82) is 0 Å². The van der Waals surface area contributed by atoms with E-state index in [4.69, 9.17) is 4.74 Å². The van der Waals surface area contributed by atoms with Crippen molar-refractivity contribution in [3.63, 3.8) is 0 Å². The molecule has 1 unspecified atom stereocenters. The number of ether oxygens (including phenoxy) is 1. The second-order valence-electron chi connectivity index (χ2n) is 4.18. The number of methoxy groups -OCH3 is 1. The molecular weight excluding hydrogens is 284 g/mol. The van der Waals surface area contributed by atoms with E-state index < -0.39 is 0 Å². The van der Waals surface area contributed by atoms with Crippen molar-refractivity contribution in [1.82, 2.24) is 5.32 Å². The maximum atomic E-state index is 11.9. The number of amides is 1. The first-order chi connectivity index (χ1) is 8.79. The lowest BCUT2D eigenvalue weighted by atomic mass is 10.2. The minimum Gasteiger partial charge on any atom is -0.495 e.